The molecule has 1 fully saturated rings. The third-order valence-corrected chi connectivity index (χ3v) is 4.69. The maximum atomic E-state index is 12.5. The Balaban J connectivity index is 1.97. The van der Waals surface area contributed by atoms with Crippen molar-refractivity contribution in [2.45, 2.75) is 32.7 Å². The van der Waals surface area contributed by atoms with Gasteiger partial charge in [0.05, 0.1) is 5.02 Å². The fourth-order valence-electron chi connectivity index (χ4n) is 2.31. The van der Waals surface area contributed by atoms with Gasteiger partial charge >= 0.3 is 6.03 Å². The summed E-state index contributed by atoms with van der Waals surface area (Å²) in [5.74, 6) is -0.0434. The SMILES string of the molecule is CC(C)(C)NC(=O)N1CCCN(C(=O)c2sccc2Cl)CC1. The van der Waals surface area contributed by atoms with E-state index in [1.165, 1.54) is 11.3 Å². The average molecular weight is 344 g/mol. The molecular formula is C15H22ClN3O2S. The fraction of sp³-hybridized carbons (Fsp3) is 0.600. The molecular weight excluding hydrogens is 322 g/mol. The Bertz CT molecular complexity index is 553. The summed E-state index contributed by atoms with van der Waals surface area (Å²) in [6.45, 7) is 8.24. The van der Waals surface area contributed by atoms with Crippen molar-refractivity contribution in [2.75, 3.05) is 26.2 Å². The zero-order valence-corrected chi connectivity index (χ0v) is 14.8. The second-order valence-corrected chi connectivity index (χ2v) is 7.73. The molecule has 1 aliphatic rings. The normalized spacial score (nSPS) is 16.4. The van der Waals surface area contributed by atoms with Gasteiger partial charge in [-0.3, -0.25) is 4.79 Å². The van der Waals surface area contributed by atoms with E-state index < -0.39 is 0 Å². The van der Waals surface area contributed by atoms with E-state index in [2.05, 4.69) is 5.32 Å². The quantitative estimate of drug-likeness (QED) is 0.852. The van der Waals surface area contributed by atoms with Crippen LogP contribution in [0.5, 0.6) is 0 Å². The predicted octanol–water partition coefficient (Wildman–Crippen LogP) is 3.06. The molecule has 0 saturated carbocycles. The van der Waals surface area contributed by atoms with E-state index in [9.17, 15) is 9.59 Å². The zero-order valence-electron chi connectivity index (χ0n) is 13.2. The summed E-state index contributed by atoms with van der Waals surface area (Å²) in [5.41, 5.74) is -0.261. The number of nitrogens with zero attached hydrogens (tertiary/aromatic N) is 2. The van der Waals surface area contributed by atoms with Gasteiger partial charge in [0.2, 0.25) is 0 Å². The average Bonchev–Trinajstić information content (AvgIpc) is 2.70. The van der Waals surface area contributed by atoms with Crippen molar-refractivity contribution in [2.24, 2.45) is 0 Å². The molecule has 1 N–H and O–H groups in total. The number of nitrogens with one attached hydrogen (secondary N) is 1. The third kappa shape index (κ3) is 4.36. The van der Waals surface area contributed by atoms with Gasteiger partial charge in [-0.1, -0.05) is 11.6 Å². The van der Waals surface area contributed by atoms with E-state index in [-0.39, 0.29) is 17.5 Å². The summed E-state index contributed by atoms with van der Waals surface area (Å²) in [6.07, 6.45) is 0.770. The van der Waals surface area contributed by atoms with E-state index in [0.29, 0.717) is 36.1 Å². The highest BCUT2D eigenvalue weighted by molar-refractivity contribution is 7.12. The summed E-state index contributed by atoms with van der Waals surface area (Å²) in [4.78, 5) is 28.8. The molecule has 0 spiro atoms. The first-order chi connectivity index (χ1) is 10.3. The molecule has 22 heavy (non-hydrogen) atoms. The highest BCUT2D eigenvalue weighted by Crippen LogP contribution is 2.24. The molecule has 0 aromatic carbocycles. The lowest BCUT2D eigenvalue weighted by atomic mass is 10.1. The Morgan fingerprint density at radius 3 is 2.41 bits per heavy atom. The zero-order chi connectivity index (χ0) is 16.3. The lowest BCUT2D eigenvalue weighted by Crippen LogP contribution is -2.49. The minimum Gasteiger partial charge on any atom is -0.336 e. The smallest absolute Gasteiger partial charge is 0.317 e. The molecule has 5 nitrogen and oxygen atoms in total. The Morgan fingerprint density at radius 2 is 1.82 bits per heavy atom. The maximum Gasteiger partial charge on any atom is 0.317 e. The van der Waals surface area contributed by atoms with E-state index in [0.717, 1.165) is 6.42 Å². The van der Waals surface area contributed by atoms with Gasteiger partial charge in [-0.25, -0.2) is 4.79 Å². The number of carbonyl (C=O) groups is 2. The Labute approximate surface area is 140 Å². The number of carbonyl (C=O) groups excluding carboxylic acids is 2. The Hall–Kier alpha value is -1.27. The minimum absolute atomic E-state index is 0.0434. The lowest BCUT2D eigenvalue weighted by Gasteiger charge is -2.27. The van der Waals surface area contributed by atoms with Gasteiger partial charge in [0, 0.05) is 31.7 Å². The molecule has 0 unspecified atom stereocenters. The molecule has 0 radical (unpaired) electrons. The third-order valence-electron chi connectivity index (χ3n) is 3.36. The topological polar surface area (TPSA) is 52.7 Å². The molecule has 1 saturated heterocycles. The Kier molecular flexibility index (Phi) is 5.34. The van der Waals surface area contributed by atoms with E-state index in [1.807, 2.05) is 26.2 Å². The largest absolute Gasteiger partial charge is 0.336 e. The Morgan fingerprint density at radius 1 is 1.18 bits per heavy atom. The van der Waals surface area contributed by atoms with Crippen LogP contribution < -0.4 is 5.32 Å². The van der Waals surface area contributed by atoms with Gasteiger partial charge in [-0.15, -0.1) is 11.3 Å². The van der Waals surface area contributed by atoms with E-state index in [1.54, 1.807) is 15.9 Å². The van der Waals surface area contributed by atoms with Crippen molar-refractivity contribution in [1.82, 2.24) is 15.1 Å². The van der Waals surface area contributed by atoms with E-state index in [4.69, 9.17) is 11.6 Å². The molecule has 1 aromatic heterocycles. The van der Waals surface area contributed by atoms with Crippen LogP contribution in [0.1, 0.15) is 36.9 Å². The lowest BCUT2D eigenvalue weighted by molar-refractivity contribution is 0.0767. The maximum absolute atomic E-state index is 12.5. The summed E-state index contributed by atoms with van der Waals surface area (Å²) >= 11 is 7.39. The standard InChI is InChI=1S/C15H22ClN3O2S/c1-15(2,3)17-14(21)19-7-4-6-18(8-9-19)13(20)12-11(16)5-10-22-12/h5,10H,4,6-9H2,1-3H3,(H,17,21). The number of rotatable bonds is 1. The van der Waals surface area contributed by atoms with Crippen LogP contribution >= 0.6 is 22.9 Å². The van der Waals surface area contributed by atoms with Crippen LogP contribution in [0.4, 0.5) is 4.79 Å². The molecule has 1 aliphatic heterocycles. The van der Waals surface area contributed by atoms with Crippen LogP contribution in [-0.2, 0) is 0 Å². The van der Waals surface area contributed by atoms with Gasteiger partial charge < -0.3 is 15.1 Å². The highest BCUT2D eigenvalue weighted by atomic mass is 35.5. The molecule has 0 bridgehead atoms. The second kappa shape index (κ2) is 6.87. The number of urea groups is 1. The van der Waals surface area contributed by atoms with Crippen molar-refractivity contribution in [3.8, 4) is 0 Å². The monoisotopic (exact) mass is 343 g/mol. The number of hydrogen-bond donors (Lipinski definition) is 1. The van der Waals surface area contributed by atoms with Crippen LogP contribution in [0.3, 0.4) is 0 Å². The highest BCUT2D eigenvalue weighted by Gasteiger charge is 2.26. The van der Waals surface area contributed by atoms with Crippen molar-refractivity contribution < 1.29 is 9.59 Å². The van der Waals surface area contributed by atoms with Crippen LogP contribution in [0.2, 0.25) is 5.02 Å². The summed E-state index contributed by atoms with van der Waals surface area (Å²) in [6, 6.07) is 1.66. The predicted molar refractivity (Wildman–Crippen MR) is 89.7 cm³/mol. The molecule has 122 valence electrons. The molecule has 0 aliphatic carbocycles. The molecule has 3 amide bonds. The van der Waals surface area contributed by atoms with Gasteiger partial charge in [-0.2, -0.15) is 0 Å². The van der Waals surface area contributed by atoms with Crippen LogP contribution in [0, 0.1) is 0 Å². The first-order valence-electron chi connectivity index (χ1n) is 7.37. The van der Waals surface area contributed by atoms with E-state index >= 15 is 0 Å². The number of amides is 3. The molecule has 2 rings (SSSR count). The van der Waals surface area contributed by atoms with Gasteiger partial charge in [0.15, 0.2) is 0 Å². The number of halogens is 1. The number of thiophene rings is 1. The minimum atomic E-state index is -0.261. The van der Waals surface area contributed by atoms with Crippen molar-refractivity contribution in [3.63, 3.8) is 0 Å². The van der Waals surface area contributed by atoms with Crippen LogP contribution in [0.25, 0.3) is 0 Å². The summed E-state index contributed by atoms with van der Waals surface area (Å²) < 4.78 is 0. The first kappa shape index (κ1) is 17.1. The van der Waals surface area contributed by atoms with Crippen LogP contribution in [-0.4, -0.2) is 53.5 Å². The number of hydrogen-bond acceptors (Lipinski definition) is 3. The summed E-state index contributed by atoms with van der Waals surface area (Å²) in [5, 5.41) is 5.28. The molecule has 0 atom stereocenters. The molecule has 2 heterocycles. The van der Waals surface area contributed by atoms with Gasteiger partial charge in [0.25, 0.3) is 5.91 Å². The fourth-order valence-corrected chi connectivity index (χ4v) is 3.42. The molecule has 1 aromatic rings. The van der Waals surface area contributed by atoms with Crippen molar-refractivity contribution in [1.29, 1.82) is 0 Å². The van der Waals surface area contributed by atoms with Gasteiger partial charge in [-0.05, 0) is 38.6 Å². The van der Waals surface area contributed by atoms with Gasteiger partial charge in [0.1, 0.15) is 4.88 Å². The second-order valence-electron chi connectivity index (χ2n) is 6.41. The van der Waals surface area contributed by atoms with Crippen LogP contribution in [0.15, 0.2) is 11.4 Å². The van der Waals surface area contributed by atoms with Crippen molar-refractivity contribution in [3.05, 3.63) is 21.3 Å². The molecule has 7 heteroatoms. The van der Waals surface area contributed by atoms with Crippen molar-refractivity contribution >= 4 is 34.9 Å². The summed E-state index contributed by atoms with van der Waals surface area (Å²) in [7, 11) is 0. The first-order valence-corrected chi connectivity index (χ1v) is 8.63.